The van der Waals surface area contributed by atoms with E-state index in [1.807, 2.05) is 85.3 Å². The number of carbonyl (C=O) groups excluding carboxylic acids is 1. The van der Waals surface area contributed by atoms with Crippen LogP contribution in [0.15, 0.2) is 126 Å². The molecule has 14 heteroatoms. The van der Waals surface area contributed by atoms with Crippen molar-refractivity contribution in [2.24, 2.45) is 5.92 Å². The molecule has 0 bridgehead atoms. The van der Waals surface area contributed by atoms with Crippen molar-refractivity contribution in [1.29, 1.82) is 0 Å². The van der Waals surface area contributed by atoms with Gasteiger partial charge >= 0.3 is 12.4 Å². The summed E-state index contributed by atoms with van der Waals surface area (Å²) >= 11 is 3.08. The Morgan fingerprint density at radius 1 is 0.789 bits per heavy atom. The van der Waals surface area contributed by atoms with Gasteiger partial charge in [-0.25, -0.2) is 9.97 Å². The molecule has 2 aromatic carbocycles. The fraction of sp³-hybridized carbons (Fsp3) is 0.326. The number of aromatic nitrogens is 2. The second kappa shape index (κ2) is 23.3. The van der Waals surface area contributed by atoms with Crippen molar-refractivity contribution in [1.82, 2.24) is 9.97 Å². The van der Waals surface area contributed by atoms with Gasteiger partial charge in [-0.2, -0.15) is 26.3 Å². The number of benzene rings is 2. The molecule has 0 amide bonds. The maximum absolute atomic E-state index is 13.8. The first-order valence-corrected chi connectivity index (χ1v) is 21.5. The number of nitrogens with zero attached hydrogens (tertiary/aromatic N) is 2. The lowest BCUT2D eigenvalue weighted by Gasteiger charge is -2.18. The smallest absolute Gasteiger partial charge is 0.388 e. The van der Waals surface area contributed by atoms with E-state index in [2.05, 4.69) is 23.1 Å². The topological polar surface area (TPSA) is 80.2 Å². The van der Waals surface area contributed by atoms with E-state index in [0.29, 0.717) is 17.4 Å². The minimum atomic E-state index is -4.39. The number of Topliss-reactive ketones (excluding diaryl/α,β-unsaturated/α-hetero) is 1. The molecule has 0 aliphatic heterocycles. The zero-order chi connectivity index (χ0) is 42.8. The van der Waals surface area contributed by atoms with E-state index in [1.54, 1.807) is 31.3 Å². The summed E-state index contributed by atoms with van der Waals surface area (Å²) in [4.78, 5) is 19.5. The predicted molar refractivity (Wildman–Crippen MR) is 224 cm³/mol. The summed E-state index contributed by atoms with van der Waals surface area (Å²) in [5.74, 6) is -0.474. The van der Waals surface area contributed by atoms with E-state index in [0.717, 1.165) is 38.5 Å². The molecular formula is C43H49F6N2O3PS2. The molecule has 0 aliphatic rings. The summed E-state index contributed by atoms with van der Waals surface area (Å²) in [5.41, 5.74) is 0.879. The fourth-order valence-corrected chi connectivity index (χ4v) is 8.91. The summed E-state index contributed by atoms with van der Waals surface area (Å²) in [7, 11) is -2.69. The number of aliphatic hydroxyl groups excluding tert-OH is 1. The maximum Gasteiger partial charge on any atom is 0.412 e. The molecule has 57 heavy (non-hydrogen) atoms. The monoisotopic (exact) mass is 850 g/mol. The lowest BCUT2D eigenvalue weighted by atomic mass is 10.0. The molecule has 0 aliphatic carbocycles. The predicted octanol–water partition coefficient (Wildman–Crippen LogP) is 12.3. The van der Waals surface area contributed by atoms with E-state index in [-0.39, 0.29) is 37.4 Å². The number of carbonyl (C=O) groups is 1. The third-order valence-electron chi connectivity index (χ3n) is 8.39. The van der Waals surface area contributed by atoms with Crippen molar-refractivity contribution in [2.75, 3.05) is 0 Å². The van der Waals surface area contributed by atoms with Crippen LogP contribution in [0.5, 0.6) is 0 Å². The number of thiazole rings is 2. The van der Waals surface area contributed by atoms with Crippen LogP contribution in [-0.2, 0) is 15.5 Å². The molecule has 2 atom stereocenters. The Hall–Kier alpha value is -4.16. The van der Waals surface area contributed by atoms with Gasteiger partial charge < -0.3 is 9.67 Å². The van der Waals surface area contributed by atoms with E-state index in [1.165, 1.54) is 30.4 Å². The largest absolute Gasteiger partial charge is 0.412 e. The van der Waals surface area contributed by atoms with E-state index in [9.17, 15) is 40.8 Å². The molecule has 0 unspecified atom stereocenters. The van der Waals surface area contributed by atoms with Crippen LogP contribution in [0.25, 0.3) is 6.08 Å². The number of allylic oxidation sites excluding steroid dienone is 5. The molecule has 4 aromatic rings. The highest BCUT2D eigenvalue weighted by atomic mass is 32.1. The van der Waals surface area contributed by atoms with E-state index >= 15 is 0 Å². The van der Waals surface area contributed by atoms with Gasteiger partial charge in [0.25, 0.3) is 0 Å². The normalized spacial score (nSPS) is 13.7. The Bertz CT molecular complexity index is 1970. The molecule has 0 radical (unpaired) electrons. The second-order valence-electron chi connectivity index (χ2n) is 13.0. The molecule has 0 saturated heterocycles. The van der Waals surface area contributed by atoms with Crippen LogP contribution in [0.3, 0.4) is 0 Å². The summed E-state index contributed by atoms with van der Waals surface area (Å²) in [6.07, 6.45) is -3.45. The van der Waals surface area contributed by atoms with Crippen LogP contribution in [0, 0.1) is 19.8 Å². The first-order chi connectivity index (χ1) is 26.7. The average molecular weight is 851 g/mol. The molecule has 0 saturated carbocycles. The number of aryl methyl sites for hydroxylation is 2. The molecule has 4 rings (SSSR count). The zero-order valence-corrected chi connectivity index (χ0v) is 35.1. The third kappa shape index (κ3) is 17.1. The standard InChI is InChI=1S/C17H16NOPS.C15H18F3NOS.C11H15F3O/c1-14-18-15(13-21-14)12-20(19,16-8-4-2-5-9-16)17-10-6-3-7-11-17;1-4-5-12(15(16,17)18)6-7-14(20)10(2)8-13-9-21-11(3)19-13;1-4-5-10(11(12,13)14)7-6-8(2)9(3)15/h2-11,13H,12H2,1H3;4,6,8-9,14,20H,1,5,7H2,2-3H3;4,7-8H,1,5-6H2,2-3H3/b;10-8+,12-6+;10-7+/t;14-;8-/m.00/s1. The zero-order valence-electron chi connectivity index (χ0n) is 32.6. The highest BCUT2D eigenvalue weighted by Gasteiger charge is 2.33. The van der Waals surface area contributed by atoms with Gasteiger partial charge in [0.2, 0.25) is 0 Å². The van der Waals surface area contributed by atoms with Gasteiger partial charge in [0.05, 0.1) is 33.7 Å². The van der Waals surface area contributed by atoms with Crippen molar-refractivity contribution >= 4 is 52.3 Å². The maximum atomic E-state index is 13.8. The summed E-state index contributed by atoms with van der Waals surface area (Å²) in [5, 5.41) is 17.5. The molecule has 5 nitrogen and oxygen atoms in total. The molecular weight excluding hydrogens is 802 g/mol. The van der Waals surface area contributed by atoms with Gasteiger partial charge in [-0.15, -0.1) is 35.8 Å². The highest BCUT2D eigenvalue weighted by molar-refractivity contribution is 7.78. The first-order valence-electron chi connectivity index (χ1n) is 17.9. The third-order valence-corrected chi connectivity index (χ3v) is 13.0. The van der Waals surface area contributed by atoms with Crippen molar-refractivity contribution in [2.45, 2.75) is 84.9 Å². The summed E-state index contributed by atoms with van der Waals surface area (Å²) in [6.45, 7) is 15.1. The molecule has 308 valence electrons. The van der Waals surface area contributed by atoms with E-state index in [4.69, 9.17) is 0 Å². The Balaban J connectivity index is 0.000000301. The number of ketones is 1. The number of alkyl halides is 6. The first kappa shape index (κ1) is 49.0. The minimum Gasteiger partial charge on any atom is -0.388 e. The van der Waals surface area contributed by atoms with Crippen LogP contribution in [-0.4, -0.2) is 39.3 Å². The molecule has 0 spiro atoms. The van der Waals surface area contributed by atoms with Crippen LogP contribution in [0.2, 0.25) is 0 Å². The quantitative estimate of drug-likeness (QED) is 0.0732. The highest BCUT2D eigenvalue weighted by Crippen LogP contribution is 2.46. The minimum absolute atomic E-state index is 0.0892. The van der Waals surface area contributed by atoms with Gasteiger partial charge in [-0.05, 0) is 65.0 Å². The Morgan fingerprint density at radius 3 is 1.63 bits per heavy atom. The van der Waals surface area contributed by atoms with Crippen molar-refractivity contribution < 1.29 is 40.8 Å². The fourth-order valence-electron chi connectivity index (χ4n) is 5.02. The number of rotatable bonds is 15. The number of aliphatic hydroxyl groups is 1. The van der Waals surface area contributed by atoms with Crippen molar-refractivity contribution in [3.8, 4) is 0 Å². The molecule has 1 N–H and O–H groups in total. The Kier molecular flexibility index (Phi) is 20.0. The number of halogens is 6. The van der Waals surface area contributed by atoms with Gasteiger partial charge in [0.15, 0.2) is 0 Å². The van der Waals surface area contributed by atoms with Crippen LogP contribution in [0.1, 0.15) is 67.9 Å². The van der Waals surface area contributed by atoms with Crippen LogP contribution >= 0.6 is 29.8 Å². The lowest BCUT2D eigenvalue weighted by molar-refractivity contribution is -0.120. The number of hydrogen-bond donors (Lipinski definition) is 1. The summed E-state index contributed by atoms with van der Waals surface area (Å²) < 4.78 is 88.9. The van der Waals surface area contributed by atoms with Crippen molar-refractivity contribution in [3.05, 3.63) is 147 Å². The lowest BCUT2D eigenvalue weighted by Crippen LogP contribution is -2.17. The molecule has 2 aromatic heterocycles. The van der Waals surface area contributed by atoms with Gasteiger partial charge in [-0.1, -0.05) is 91.9 Å². The van der Waals surface area contributed by atoms with Gasteiger partial charge in [-0.3, -0.25) is 4.79 Å². The average Bonchev–Trinajstić information content (AvgIpc) is 3.77. The molecule has 0 fully saturated rings. The Labute approximate surface area is 339 Å². The van der Waals surface area contributed by atoms with Gasteiger partial charge in [0.1, 0.15) is 12.9 Å². The van der Waals surface area contributed by atoms with E-state index < -0.39 is 36.7 Å². The number of hydrogen-bond acceptors (Lipinski definition) is 7. The van der Waals surface area contributed by atoms with Gasteiger partial charge in [0, 0.05) is 38.4 Å². The SMILES string of the molecule is C=CC/C(=C\C[C@H](C)C(C)=O)C(F)(F)F.C=CC/C(=C\C[C@H](O)/C(C)=C/c1csc(C)n1)C(F)(F)F.Cc1nc(CP(=O)(c2ccccc2)c2ccccc2)cs1. The van der Waals surface area contributed by atoms with Crippen LogP contribution in [0.4, 0.5) is 26.3 Å². The Morgan fingerprint density at radius 2 is 1.25 bits per heavy atom. The van der Waals surface area contributed by atoms with Crippen LogP contribution < -0.4 is 10.6 Å². The molecule has 2 heterocycles. The van der Waals surface area contributed by atoms with Crippen molar-refractivity contribution in [3.63, 3.8) is 0 Å². The summed E-state index contributed by atoms with van der Waals surface area (Å²) in [6, 6.07) is 19.5. The second-order valence-corrected chi connectivity index (χ2v) is 18.0.